The lowest BCUT2D eigenvalue weighted by atomic mass is 9.89. The summed E-state index contributed by atoms with van der Waals surface area (Å²) >= 11 is 0. The number of nitrogens with one attached hydrogen (secondary N) is 2. The number of carbonyl (C=O) groups excluding carboxylic acids is 1. The van der Waals surface area contributed by atoms with Crippen LogP contribution in [0.15, 0.2) is 71.7 Å². The predicted molar refractivity (Wildman–Crippen MR) is 126 cm³/mol. The molecule has 1 atom stereocenters. The highest BCUT2D eigenvalue weighted by Crippen LogP contribution is 2.36. The van der Waals surface area contributed by atoms with E-state index in [1.54, 1.807) is 30.3 Å². The highest BCUT2D eigenvalue weighted by molar-refractivity contribution is 6.24. The number of anilines is 1. The molecule has 1 amide bonds. The number of amides is 1. The van der Waals surface area contributed by atoms with Crippen LogP contribution in [0.25, 0.3) is 0 Å². The molecule has 0 radical (unpaired) electrons. The summed E-state index contributed by atoms with van der Waals surface area (Å²) < 4.78 is 13.7. The van der Waals surface area contributed by atoms with E-state index in [9.17, 15) is 19.1 Å². The van der Waals surface area contributed by atoms with E-state index in [1.165, 1.54) is 12.1 Å². The second-order valence-electron chi connectivity index (χ2n) is 7.87. The molecule has 1 heterocycles. The summed E-state index contributed by atoms with van der Waals surface area (Å²) in [5.41, 5.74) is 4.55. The maximum Gasteiger partial charge on any atom is 0.307 e. The van der Waals surface area contributed by atoms with Crippen LogP contribution in [0.3, 0.4) is 0 Å². The molecule has 1 aliphatic rings. The third-order valence-corrected chi connectivity index (χ3v) is 5.46. The molecule has 0 bridgehead atoms. The second-order valence-corrected chi connectivity index (χ2v) is 7.87. The Morgan fingerprint density at radius 3 is 2.61 bits per heavy atom. The van der Waals surface area contributed by atoms with Gasteiger partial charge in [0.15, 0.2) is 0 Å². The lowest BCUT2D eigenvalue weighted by molar-refractivity contribution is -0.136. The van der Waals surface area contributed by atoms with Crippen molar-refractivity contribution in [1.29, 1.82) is 0 Å². The third kappa shape index (κ3) is 5.15. The van der Waals surface area contributed by atoms with Crippen molar-refractivity contribution >= 4 is 29.0 Å². The molecule has 1 aliphatic heterocycles. The Labute approximate surface area is 191 Å². The number of rotatable bonds is 8. The Kier molecular flexibility index (Phi) is 6.60. The minimum absolute atomic E-state index is 0.140. The van der Waals surface area contributed by atoms with Crippen LogP contribution >= 0.6 is 0 Å². The monoisotopic (exact) mass is 445 g/mol. The normalized spacial score (nSPS) is 15.3. The molecule has 0 saturated carbocycles. The SMILES string of the molecule is CCNCc1ccc(N=C(c2cccc(CC(=O)O)c2)C2C(=O)Nc3cc(F)ccc32)cc1. The Balaban J connectivity index is 1.79. The molecule has 3 aromatic carbocycles. The maximum absolute atomic E-state index is 13.7. The molecule has 6 nitrogen and oxygen atoms in total. The Hall–Kier alpha value is -3.84. The van der Waals surface area contributed by atoms with Crippen molar-refractivity contribution < 1.29 is 19.1 Å². The number of aliphatic imine (C=N–C) groups is 1. The molecular weight excluding hydrogens is 421 g/mol. The number of carbonyl (C=O) groups is 2. The van der Waals surface area contributed by atoms with E-state index in [1.807, 2.05) is 31.2 Å². The molecule has 0 aromatic heterocycles. The van der Waals surface area contributed by atoms with E-state index in [0.29, 0.717) is 33.8 Å². The van der Waals surface area contributed by atoms with Gasteiger partial charge < -0.3 is 15.7 Å². The number of benzene rings is 3. The van der Waals surface area contributed by atoms with Crippen LogP contribution in [-0.2, 0) is 22.6 Å². The summed E-state index contributed by atoms with van der Waals surface area (Å²) in [4.78, 5) is 29.0. The van der Waals surface area contributed by atoms with Gasteiger partial charge in [0.1, 0.15) is 11.7 Å². The molecule has 0 fully saturated rings. The number of carboxylic acids is 1. The molecule has 33 heavy (non-hydrogen) atoms. The third-order valence-electron chi connectivity index (χ3n) is 5.46. The van der Waals surface area contributed by atoms with Crippen LogP contribution in [0.2, 0.25) is 0 Å². The van der Waals surface area contributed by atoms with E-state index >= 15 is 0 Å². The average molecular weight is 445 g/mol. The Bertz CT molecular complexity index is 1220. The average Bonchev–Trinajstić information content (AvgIpc) is 3.11. The van der Waals surface area contributed by atoms with E-state index in [2.05, 4.69) is 10.6 Å². The molecule has 0 aliphatic carbocycles. The van der Waals surface area contributed by atoms with Gasteiger partial charge in [0.05, 0.1) is 17.8 Å². The molecule has 0 saturated heterocycles. The van der Waals surface area contributed by atoms with E-state index in [-0.39, 0.29) is 12.3 Å². The first-order chi connectivity index (χ1) is 15.9. The lowest BCUT2D eigenvalue weighted by Gasteiger charge is -2.15. The summed E-state index contributed by atoms with van der Waals surface area (Å²) in [6, 6.07) is 18.9. The van der Waals surface area contributed by atoms with Crippen molar-refractivity contribution in [2.24, 2.45) is 4.99 Å². The Morgan fingerprint density at radius 1 is 1.09 bits per heavy atom. The first-order valence-electron chi connectivity index (χ1n) is 10.7. The molecular formula is C26H24FN3O3. The van der Waals surface area contributed by atoms with Gasteiger partial charge in [0, 0.05) is 12.2 Å². The van der Waals surface area contributed by atoms with Gasteiger partial charge in [0.25, 0.3) is 0 Å². The van der Waals surface area contributed by atoms with Crippen molar-refractivity contribution in [3.05, 3.63) is 94.8 Å². The van der Waals surface area contributed by atoms with Gasteiger partial charge in [-0.3, -0.25) is 14.6 Å². The Morgan fingerprint density at radius 2 is 1.88 bits per heavy atom. The van der Waals surface area contributed by atoms with Crippen molar-refractivity contribution in [1.82, 2.24) is 5.32 Å². The van der Waals surface area contributed by atoms with Crippen molar-refractivity contribution in [2.45, 2.75) is 25.8 Å². The molecule has 7 heteroatoms. The van der Waals surface area contributed by atoms with E-state index in [0.717, 1.165) is 18.7 Å². The van der Waals surface area contributed by atoms with Crippen molar-refractivity contribution in [2.75, 3.05) is 11.9 Å². The van der Waals surface area contributed by atoms with Gasteiger partial charge in [0.2, 0.25) is 5.91 Å². The number of hydrogen-bond donors (Lipinski definition) is 3. The van der Waals surface area contributed by atoms with Gasteiger partial charge in [-0.25, -0.2) is 4.39 Å². The summed E-state index contributed by atoms with van der Waals surface area (Å²) in [6.45, 7) is 3.65. The van der Waals surface area contributed by atoms with Gasteiger partial charge in [-0.05, 0) is 59.1 Å². The first-order valence-corrected chi connectivity index (χ1v) is 10.7. The number of carboxylic acid groups (broad SMARTS) is 1. The summed E-state index contributed by atoms with van der Waals surface area (Å²) in [7, 11) is 0. The quantitative estimate of drug-likeness (QED) is 0.448. The highest BCUT2D eigenvalue weighted by atomic mass is 19.1. The van der Waals surface area contributed by atoms with Gasteiger partial charge in [-0.2, -0.15) is 0 Å². The zero-order chi connectivity index (χ0) is 23.4. The molecule has 3 aromatic rings. The summed E-state index contributed by atoms with van der Waals surface area (Å²) in [6.07, 6.45) is -0.140. The molecule has 3 N–H and O–H groups in total. The first kappa shape index (κ1) is 22.4. The number of fused-ring (bicyclic) bond motifs is 1. The van der Waals surface area contributed by atoms with E-state index in [4.69, 9.17) is 4.99 Å². The number of halogens is 1. The fourth-order valence-electron chi connectivity index (χ4n) is 3.91. The van der Waals surface area contributed by atoms with Gasteiger partial charge in [-0.1, -0.05) is 43.3 Å². The fourth-order valence-corrected chi connectivity index (χ4v) is 3.91. The zero-order valence-electron chi connectivity index (χ0n) is 18.1. The zero-order valence-corrected chi connectivity index (χ0v) is 18.1. The van der Waals surface area contributed by atoms with Gasteiger partial charge in [-0.15, -0.1) is 0 Å². The van der Waals surface area contributed by atoms with Crippen LogP contribution in [-0.4, -0.2) is 29.2 Å². The largest absolute Gasteiger partial charge is 0.481 e. The van der Waals surface area contributed by atoms with Crippen LogP contribution in [0.5, 0.6) is 0 Å². The summed E-state index contributed by atoms with van der Waals surface area (Å²) in [5, 5.41) is 15.2. The second kappa shape index (κ2) is 9.75. The molecule has 0 spiro atoms. The number of nitrogens with zero attached hydrogens (tertiary/aromatic N) is 1. The van der Waals surface area contributed by atoms with Gasteiger partial charge >= 0.3 is 5.97 Å². The molecule has 168 valence electrons. The highest BCUT2D eigenvalue weighted by Gasteiger charge is 2.35. The lowest BCUT2D eigenvalue weighted by Crippen LogP contribution is -2.22. The van der Waals surface area contributed by atoms with Crippen molar-refractivity contribution in [3.8, 4) is 0 Å². The van der Waals surface area contributed by atoms with E-state index < -0.39 is 17.7 Å². The molecule has 4 rings (SSSR count). The minimum Gasteiger partial charge on any atom is -0.481 e. The minimum atomic E-state index is -0.943. The molecule has 1 unspecified atom stereocenters. The van der Waals surface area contributed by atoms with Crippen LogP contribution in [0, 0.1) is 5.82 Å². The number of aliphatic carboxylic acids is 1. The smallest absolute Gasteiger partial charge is 0.307 e. The maximum atomic E-state index is 13.7. The van der Waals surface area contributed by atoms with Crippen LogP contribution in [0.4, 0.5) is 15.8 Å². The fraction of sp³-hybridized carbons (Fsp3) is 0.192. The van der Waals surface area contributed by atoms with Crippen LogP contribution in [0.1, 0.15) is 35.1 Å². The van der Waals surface area contributed by atoms with Crippen LogP contribution < -0.4 is 10.6 Å². The summed E-state index contributed by atoms with van der Waals surface area (Å²) in [5.74, 6) is -2.43. The topological polar surface area (TPSA) is 90.8 Å². The standard InChI is InChI=1S/C26H24FN3O3/c1-2-28-15-16-6-9-20(10-7-16)29-25(18-5-3-4-17(12-18)13-23(31)32)24-21-11-8-19(27)14-22(21)30-26(24)33/h3-12,14,24,28H,2,13,15H2,1H3,(H,30,33)(H,31,32). The number of hydrogen-bond acceptors (Lipinski definition) is 4. The predicted octanol–water partition coefficient (Wildman–Crippen LogP) is 4.42. The van der Waals surface area contributed by atoms with Crippen molar-refractivity contribution in [3.63, 3.8) is 0 Å².